The van der Waals surface area contributed by atoms with E-state index < -0.39 is 0 Å². The molecule has 1 N–H and O–H groups in total. The summed E-state index contributed by atoms with van der Waals surface area (Å²) in [6, 6.07) is 2.14. The van der Waals surface area contributed by atoms with Gasteiger partial charge in [-0.05, 0) is 18.9 Å². The first-order valence-corrected chi connectivity index (χ1v) is 3.38. The molecule has 0 amide bonds. The molecule has 46 valence electrons. The highest BCUT2D eigenvalue weighted by Gasteiger charge is 2.24. The van der Waals surface area contributed by atoms with E-state index in [2.05, 4.69) is 16.3 Å². The van der Waals surface area contributed by atoms with Gasteiger partial charge in [-0.25, -0.2) is 0 Å². The van der Waals surface area contributed by atoms with Crippen molar-refractivity contribution in [3.63, 3.8) is 0 Å². The number of rotatable bonds is 1. The number of nitrogens with one attached hydrogen (secondary N) is 1. The Labute approximate surface area is 55.1 Å². The van der Waals surface area contributed by atoms with Gasteiger partial charge in [0, 0.05) is 17.2 Å². The zero-order chi connectivity index (χ0) is 6.27. The van der Waals surface area contributed by atoms with Crippen LogP contribution < -0.4 is 5.59 Å². The van der Waals surface area contributed by atoms with E-state index in [0.717, 1.165) is 11.5 Å². The lowest BCUT2D eigenvalue weighted by Gasteiger charge is -1.83. The van der Waals surface area contributed by atoms with Crippen LogP contribution in [-0.4, -0.2) is 18.0 Å². The second-order valence-corrected chi connectivity index (χ2v) is 2.74. The highest BCUT2D eigenvalue weighted by molar-refractivity contribution is 6.30. The standard InChI is InChI=1S/C6H9BN2/c7-6-3-5(8-9-6)4-1-2-4/h3-4H,1-2,7H2,(H,8,9). The number of H-pyrrole nitrogens is 1. The zero-order valence-electron chi connectivity index (χ0n) is 5.52. The van der Waals surface area contributed by atoms with Gasteiger partial charge in [-0.1, -0.05) is 0 Å². The maximum Gasteiger partial charge on any atom is 0.166 e. The van der Waals surface area contributed by atoms with Crippen molar-refractivity contribution < 1.29 is 0 Å². The summed E-state index contributed by atoms with van der Waals surface area (Å²) in [5, 5.41) is 7.07. The molecule has 0 bridgehead atoms. The van der Waals surface area contributed by atoms with Gasteiger partial charge in [-0.15, -0.1) is 0 Å². The highest BCUT2D eigenvalue weighted by atomic mass is 15.1. The molecule has 1 aliphatic rings. The number of hydrogen-bond acceptors (Lipinski definition) is 1. The lowest BCUT2D eigenvalue weighted by atomic mass is 10.0. The van der Waals surface area contributed by atoms with Gasteiger partial charge in [0.05, 0.1) is 0 Å². The van der Waals surface area contributed by atoms with Crippen molar-refractivity contribution in [3.05, 3.63) is 11.8 Å². The number of nitrogens with zero attached hydrogens (tertiary/aromatic N) is 1. The van der Waals surface area contributed by atoms with Crippen molar-refractivity contribution in [1.29, 1.82) is 0 Å². The molecule has 0 atom stereocenters. The summed E-state index contributed by atoms with van der Waals surface area (Å²) in [6.45, 7) is 0. The van der Waals surface area contributed by atoms with Crippen molar-refractivity contribution in [2.75, 3.05) is 0 Å². The second kappa shape index (κ2) is 1.63. The summed E-state index contributed by atoms with van der Waals surface area (Å²) in [7, 11) is 2.02. The van der Waals surface area contributed by atoms with Crippen LogP contribution in [0.1, 0.15) is 24.5 Å². The van der Waals surface area contributed by atoms with Gasteiger partial charge >= 0.3 is 0 Å². The summed E-state index contributed by atoms with van der Waals surface area (Å²) in [4.78, 5) is 0. The molecule has 1 aromatic heterocycles. The maximum absolute atomic E-state index is 4.05. The van der Waals surface area contributed by atoms with E-state index >= 15 is 0 Å². The first-order chi connectivity index (χ1) is 4.36. The van der Waals surface area contributed by atoms with Gasteiger partial charge in [0.1, 0.15) is 0 Å². The van der Waals surface area contributed by atoms with Crippen LogP contribution in [0.15, 0.2) is 6.07 Å². The smallest absolute Gasteiger partial charge is 0.166 e. The van der Waals surface area contributed by atoms with Gasteiger partial charge in [0.25, 0.3) is 0 Å². The average Bonchev–Trinajstić information content (AvgIpc) is 2.58. The Morgan fingerprint density at radius 3 is 2.89 bits per heavy atom. The molecule has 0 unspecified atom stereocenters. The van der Waals surface area contributed by atoms with Gasteiger partial charge in [-0.2, -0.15) is 5.10 Å². The first-order valence-electron chi connectivity index (χ1n) is 3.38. The van der Waals surface area contributed by atoms with E-state index in [0.29, 0.717) is 0 Å². The number of aromatic nitrogens is 2. The van der Waals surface area contributed by atoms with Crippen LogP contribution >= 0.6 is 0 Å². The van der Waals surface area contributed by atoms with Crippen molar-refractivity contribution in [1.82, 2.24) is 10.2 Å². The van der Waals surface area contributed by atoms with Crippen LogP contribution in [0.4, 0.5) is 0 Å². The van der Waals surface area contributed by atoms with Gasteiger partial charge in [0.2, 0.25) is 0 Å². The summed E-state index contributed by atoms with van der Waals surface area (Å²) in [6.07, 6.45) is 2.70. The fraction of sp³-hybridized carbons (Fsp3) is 0.500. The predicted molar refractivity (Wildman–Crippen MR) is 38.7 cm³/mol. The maximum atomic E-state index is 4.05. The Hall–Kier alpha value is -0.725. The Morgan fingerprint density at radius 1 is 1.67 bits per heavy atom. The molecule has 9 heavy (non-hydrogen) atoms. The molecule has 0 aliphatic heterocycles. The van der Waals surface area contributed by atoms with Crippen LogP contribution in [-0.2, 0) is 0 Å². The topological polar surface area (TPSA) is 28.7 Å². The summed E-state index contributed by atoms with van der Waals surface area (Å²) < 4.78 is 0. The molecule has 1 saturated carbocycles. The fourth-order valence-corrected chi connectivity index (χ4v) is 1.05. The van der Waals surface area contributed by atoms with E-state index in [9.17, 15) is 0 Å². The van der Waals surface area contributed by atoms with Crippen LogP contribution in [0.2, 0.25) is 0 Å². The second-order valence-electron chi connectivity index (χ2n) is 2.74. The third kappa shape index (κ3) is 0.868. The lowest BCUT2D eigenvalue weighted by molar-refractivity contribution is 0.970. The quantitative estimate of drug-likeness (QED) is 0.499. The molecule has 2 rings (SSSR count). The monoisotopic (exact) mass is 120 g/mol. The summed E-state index contributed by atoms with van der Waals surface area (Å²) in [5.74, 6) is 0.811. The Balaban J connectivity index is 2.28. The van der Waals surface area contributed by atoms with E-state index in [1.165, 1.54) is 18.5 Å². The molecule has 1 aliphatic carbocycles. The van der Waals surface area contributed by atoms with Crippen LogP contribution in [0.5, 0.6) is 0 Å². The molecular weight excluding hydrogens is 111 g/mol. The van der Waals surface area contributed by atoms with Crippen LogP contribution in [0.25, 0.3) is 0 Å². The van der Waals surface area contributed by atoms with E-state index in [1.807, 2.05) is 7.85 Å². The van der Waals surface area contributed by atoms with E-state index in [1.54, 1.807) is 0 Å². The van der Waals surface area contributed by atoms with E-state index in [4.69, 9.17) is 0 Å². The Bertz CT molecular complexity index is 215. The van der Waals surface area contributed by atoms with Crippen molar-refractivity contribution in [3.8, 4) is 0 Å². The normalized spacial score (nSPS) is 18.2. The summed E-state index contributed by atoms with van der Waals surface area (Å²) in [5.41, 5.74) is 2.43. The molecule has 0 saturated heterocycles. The third-order valence-corrected chi connectivity index (χ3v) is 1.74. The lowest BCUT2D eigenvalue weighted by Crippen LogP contribution is -2.00. The van der Waals surface area contributed by atoms with Crippen molar-refractivity contribution >= 4 is 13.4 Å². The largest absolute Gasteiger partial charge is 0.283 e. The Morgan fingerprint density at radius 2 is 2.44 bits per heavy atom. The SMILES string of the molecule is Bc1cc(C2CC2)[nH]n1. The Kier molecular flexibility index (Phi) is 0.919. The molecule has 3 heteroatoms. The zero-order valence-corrected chi connectivity index (χ0v) is 5.52. The predicted octanol–water partition coefficient (Wildman–Crippen LogP) is -0.455. The average molecular weight is 120 g/mol. The minimum atomic E-state index is 0.811. The summed E-state index contributed by atoms with van der Waals surface area (Å²) >= 11 is 0. The minimum Gasteiger partial charge on any atom is -0.283 e. The first kappa shape index (κ1) is 5.09. The molecular formula is C6H9BN2. The number of aromatic amines is 1. The van der Waals surface area contributed by atoms with Gasteiger partial charge in [0.15, 0.2) is 7.85 Å². The molecule has 1 heterocycles. The third-order valence-electron chi connectivity index (χ3n) is 1.74. The molecule has 0 radical (unpaired) electrons. The molecule has 0 spiro atoms. The van der Waals surface area contributed by atoms with Gasteiger partial charge in [-0.3, -0.25) is 5.10 Å². The molecule has 2 nitrogen and oxygen atoms in total. The highest BCUT2D eigenvalue weighted by Crippen LogP contribution is 2.38. The van der Waals surface area contributed by atoms with Crippen LogP contribution in [0, 0.1) is 0 Å². The van der Waals surface area contributed by atoms with Gasteiger partial charge < -0.3 is 0 Å². The minimum absolute atomic E-state index is 0.811. The van der Waals surface area contributed by atoms with E-state index in [-0.39, 0.29) is 0 Å². The molecule has 0 aromatic carbocycles. The molecule has 1 fully saturated rings. The number of hydrogen-bond donors (Lipinski definition) is 1. The van der Waals surface area contributed by atoms with Crippen LogP contribution in [0.3, 0.4) is 0 Å². The fourth-order valence-electron chi connectivity index (χ4n) is 1.05. The van der Waals surface area contributed by atoms with Crippen molar-refractivity contribution in [2.24, 2.45) is 0 Å². The van der Waals surface area contributed by atoms with Crippen molar-refractivity contribution in [2.45, 2.75) is 18.8 Å². The molecule has 1 aromatic rings.